The Morgan fingerprint density at radius 2 is 2.14 bits per heavy atom. The minimum Gasteiger partial charge on any atom is -0.383 e. The Labute approximate surface area is 163 Å². The molecule has 0 aliphatic carbocycles. The van der Waals surface area contributed by atoms with Gasteiger partial charge in [-0.15, -0.1) is 0 Å². The summed E-state index contributed by atoms with van der Waals surface area (Å²) < 4.78 is 66.6. The van der Waals surface area contributed by atoms with Crippen molar-refractivity contribution in [1.29, 1.82) is 0 Å². The number of carbonyl (C=O) groups is 1. The van der Waals surface area contributed by atoms with Gasteiger partial charge in [-0.05, 0) is 25.0 Å². The number of methoxy groups -OCH3 is 1. The number of anilines is 1. The third kappa shape index (κ3) is 3.91. The second-order valence-electron chi connectivity index (χ2n) is 6.26. The number of halogens is 3. The average molecular weight is 434 g/mol. The number of rotatable bonds is 6. The molecule has 0 radical (unpaired) electrons. The first kappa shape index (κ1) is 20.7. The number of benzene rings is 1. The molecule has 6 nitrogen and oxygen atoms in total. The van der Waals surface area contributed by atoms with Gasteiger partial charge in [-0.25, -0.2) is 13.4 Å². The van der Waals surface area contributed by atoms with E-state index in [0.29, 0.717) is 11.7 Å². The lowest BCUT2D eigenvalue weighted by Crippen LogP contribution is -2.32. The van der Waals surface area contributed by atoms with E-state index in [0.717, 1.165) is 48.9 Å². The molecule has 1 saturated heterocycles. The predicted octanol–water partition coefficient (Wildman–Crippen LogP) is 3.28. The highest BCUT2D eigenvalue weighted by atomic mass is 32.2. The van der Waals surface area contributed by atoms with Crippen LogP contribution >= 0.6 is 11.3 Å². The maximum atomic E-state index is 12.8. The van der Waals surface area contributed by atoms with Crippen LogP contribution in [0.2, 0.25) is 0 Å². The fourth-order valence-corrected chi connectivity index (χ4v) is 4.82. The van der Waals surface area contributed by atoms with Gasteiger partial charge in [-0.3, -0.25) is 4.79 Å². The monoisotopic (exact) mass is 434 g/mol. The van der Waals surface area contributed by atoms with Gasteiger partial charge >= 0.3 is 5.51 Å². The summed E-state index contributed by atoms with van der Waals surface area (Å²) >= 11 is 1.12. The summed E-state index contributed by atoms with van der Waals surface area (Å²) in [6, 6.07) is 4.11. The van der Waals surface area contributed by atoms with Crippen molar-refractivity contribution < 1.29 is 31.1 Å². The summed E-state index contributed by atoms with van der Waals surface area (Å²) in [6.07, 6.45) is 3.26. The Morgan fingerprint density at radius 3 is 2.82 bits per heavy atom. The number of alkyl halides is 3. The Hall–Kier alpha value is -1.98. The van der Waals surface area contributed by atoms with Crippen LogP contribution < -0.4 is 4.90 Å². The van der Waals surface area contributed by atoms with E-state index in [-0.39, 0.29) is 16.5 Å². The molecule has 2 heterocycles. The first-order valence-corrected chi connectivity index (χ1v) is 10.6. The van der Waals surface area contributed by atoms with E-state index < -0.39 is 26.0 Å². The van der Waals surface area contributed by atoms with Gasteiger partial charge in [0.2, 0.25) is 5.78 Å². The topological polar surface area (TPSA) is 76.6 Å². The van der Waals surface area contributed by atoms with E-state index in [1.807, 2.05) is 4.90 Å². The molecule has 0 N–H and O–H groups in total. The molecule has 0 amide bonds. The Kier molecular flexibility index (Phi) is 5.78. The van der Waals surface area contributed by atoms with Crippen LogP contribution in [0.15, 0.2) is 35.4 Å². The molecule has 1 aromatic heterocycles. The molecule has 1 fully saturated rings. The molecule has 11 heteroatoms. The van der Waals surface area contributed by atoms with Crippen molar-refractivity contribution in [3.05, 3.63) is 40.9 Å². The first-order chi connectivity index (χ1) is 13.1. The number of carbonyl (C=O) groups excluding carboxylic acids is 1. The second-order valence-corrected chi connectivity index (χ2v) is 9.21. The summed E-state index contributed by atoms with van der Waals surface area (Å²) in [5, 5.41) is 0.627. The molecule has 28 heavy (non-hydrogen) atoms. The lowest BCUT2D eigenvalue weighted by Gasteiger charge is -2.22. The van der Waals surface area contributed by atoms with Crippen LogP contribution in [-0.2, 0) is 14.6 Å². The molecule has 1 aliphatic rings. The van der Waals surface area contributed by atoms with E-state index in [2.05, 4.69) is 4.98 Å². The summed E-state index contributed by atoms with van der Waals surface area (Å²) in [7, 11) is -3.92. The molecule has 2 aromatic rings. The highest BCUT2D eigenvalue weighted by Gasteiger charge is 2.47. The minimum atomic E-state index is -5.52. The molecule has 0 unspecified atom stereocenters. The minimum absolute atomic E-state index is 0.143. The van der Waals surface area contributed by atoms with Gasteiger partial charge in [0.1, 0.15) is 0 Å². The van der Waals surface area contributed by atoms with Crippen LogP contribution in [0.5, 0.6) is 0 Å². The van der Waals surface area contributed by atoms with Crippen LogP contribution in [0.3, 0.4) is 0 Å². The van der Waals surface area contributed by atoms with Crippen LogP contribution in [0, 0.1) is 0 Å². The van der Waals surface area contributed by atoms with Crippen LogP contribution in [0.1, 0.15) is 28.1 Å². The van der Waals surface area contributed by atoms with Gasteiger partial charge in [0, 0.05) is 19.2 Å². The van der Waals surface area contributed by atoms with Crippen molar-refractivity contribution in [3.63, 3.8) is 0 Å². The summed E-state index contributed by atoms with van der Waals surface area (Å²) in [4.78, 5) is 18.2. The summed E-state index contributed by atoms with van der Waals surface area (Å²) in [6.45, 7) is 1.30. The predicted molar refractivity (Wildman–Crippen MR) is 97.5 cm³/mol. The number of thiazole rings is 1. The number of hydrogen-bond donors (Lipinski definition) is 0. The molecular weight excluding hydrogens is 417 g/mol. The Bertz CT molecular complexity index is 973. The molecule has 1 aliphatic heterocycles. The number of nitrogens with zero attached hydrogens (tertiary/aromatic N) is 2. The Morgan fingerprint density at radius 1 is 1.39 bits per heavy atom. The van der Waals surface area contributed by atoms with Crippen LogP contribution in [0.4, 0.5) is 18.3 Å². The van der Waals surface area contributed by atoms with Crippen molar-refractivity contribution in [1.82, 2.24) is 4.98 Å². The average Bonchev–Trinajstić information content (AvgIpc) is 3.29. The zero-order valence-electron chi connectivity index (χ0n) is 14.8. The number of sulfone groups is 1. The highest BCUT2D eigenvalue weighted by molar-refractivity contribution is 7.92. The van der Waals surface area contributed by atoms with Crippen molar-refractivity contribution in [2.75, 3.05) is 25.2 Å². The third-order valence-corrected chi connectivity index (χ3v) is 6.93. The van der Waals surface area contributed by atoms with Gasteiger partial charge in [0.15, 0.2) is 5.13 Å². The summed E-state index contributed by atoms with van der Waals surface area (Å²) in [5.74, 6) is -0.578. The molecular formula is C17H17F3N2O4S2. The zero-order valence-corrected chi connectivity index (χ0v) is 16.4. The van der Waals surface area contributed by atoms with Crippen LogP contribution in [0.25, 0.3) is 0 Å². The van der Waals surface area contributed by atoms with Crippen molar-refractivity contribution >= 4 is 32.1 Å². The number of ketones is 1. The van der Waals surface area contributed by atoms with Gasteiger partial charge in [-0.2, -0.15) is 13.2 Å². The lowest BCUT2D eigenvalue weighted by molar-refractivity contribution is -0.0436. The zero-order chi connectivity index (χ0) is 20.5. The number of aromatic nitrogens is 1. The first-order valence-electron chi connectivity index (χ1n) is 8.32. The smallest absolute Gasteiger partial charge is 0.383 e. The van der Waals surface area contributed by atoms with Crippen molar-refractivity contribution in [2.45, 2.75) is 29.3 Å². The molecule has 0 bridgehead atoms. The van der Waals surface area contributed by atoms with Gasteiger partial charge < -0.3 is 9.64 Å². The van der Waals surface area contributed by atoms with Crippen molar-refractivity contribution in [2.24, 2.45) is 0 Å². The standard InChI is InChI=1S/C17H17F3N2O4S2/c1-26-10-12-5-3-7-22(12)16-21-9-14(27-16)15(23)11-4-2-6-13(8-11)28(24,25)17(18,19)20/h2,4,6,8-9,12H,3,5,7,10H2,1H3/t12-/m1/s1. The fourth-order valence-electron chi connectivity index (χ4n) is 3.04. The fraction of sp³-hybridized carbons (Fsp3) is 0.412. The van der Waals surface area contributed by atoms with E-state index >= 15 is 0 Å². The quantitative estimate of drug-likeness (QED) is 0.650. The van der Waals surface area contributed by atoms with E-state index in [4.69, 9.17) is 4.74 Å². The van der Waals surface area contributed by atoms with Gasteiger partial charge in [0.25, 0.3) is 9.84 Å². The summed E-state index contributed by atoms with van der Waals surface area (Å²) in [5.41, 5.74) is -5.58. The van der Waals surface area contributed by atoms with E-state index in [1.165, 1.54) is 12.3 Å². The molecule has 1 atom stereocenters. The molecule has 0 spiro atoms. The lowest BCUT2D eigenvalue weighted by atomic mass is 10.1. The Balaban J connectivity index is 1.86. The van der Waals surface area contributed by atoms with E-state index in [1.54, 1.807) is 7.11 Å². The third-order valence-electron chi connectivity index (χ3n) is 4.41. The molecule has 3 rings (SSSR count). The molecule has 152 valence electrons. The van der Waals surface area contributed by atoms with Crippen LogP contribution in [-0.4, -0.2) is 51.0 Å². The van der Waals surface area contributed by atoms with Crippen molar-refractivity contribution in [3.8, 4) is 0 Å². The maximum absolute atomic E-state index is 12.8. The normalized spacial score (nSPS) is 17.9. The van der Waals surface area contributed by atoms with Gasteiger partial charge in [-0.1, -0.05) is 23.5 Å². The van der Waals surface area contributed by atoms with Gasteiger partial charge in [0.05, 0.1) is 28.6 Å². The molecule has 1 aromatic carbocycles. The maximum Gasteiger partial charge on any atom is 0.501 e. The van der Waals surface area contributed by atoms with E-state index in [9.17, 15) is 26.4 Å². The number of ether oxygens (including phenoxy) is 1. The second kappa shape index (κ2) is 7.80. The largest absolute Gasteiger partial charge is 0.501 e. The molecule has 0 saturated carbocycles. The SMILES string of the molecule is COC[C@H]1CCCN1c1ncc(C(=O)c2cccc(S(=O)(=O)C(F)(F)F)c2)s1. The highest BCUT2D eigenvalue weighted by Crippen LogP contribution is 2.33. The number of hydrogen-bond acceptors (Lipinski definition) is 7.